The van der Waals surface area contributed by atoms with E-state index in [0.29, 0.717) is 0 Å². The van der Waals surface area contributed by atoms with E-state index < -0.39 is 0 Å². The highest BCUT2D eigenvalue weighted by Crippen LogP contribution is 2.31. The minimum atomic E-state index is -0.0331. The molecule has 1 saturated heterocycles. The summed E-state index contributed by atoms with van der Waals surface area (Å²) in [5.41, 5.74) is 3.43. The molecule has 0 unspecified atom stereocenters. The third-order valence-electron chi connectivity index (χ3n) is 5.54. The maximum Gasteiger partial charge on any atom is 0.252 e. The molecule has 3 nitrogen and oxygen atoms in total. The number of piperidine rings is 1. The number of nitrogens with one attached hydrogen (secondary N) is 1. The number of nitrogens with zero attached hydrogens (tertiary/aromatic N) is 1. The molecule has 0 atom stereocenters. The molecule has 2 heterocycles. The highest BCUT2D eigenvalue weighted by molar-refractivity contribution is 5.97. The Labute approximate surface area is 143 Å². The number of fused-ring (bicyclic) bond motifs is 1. The molecule has 0 aromatic heterocycles. The summed E-state index contributed by atoms with van der Waals surface area (Å²) in [5, 5.41) is 3.32. The molecule has 0 bridgehead atoms. The van der Waals surface area contributed by atoms with Crippen LogP contribution in [0.15, 0.2) is 54.6 Å². The SMILES string of the molecule is O=C1NC2(CCN(CCc3ccccc3)CC2)Cc2ccccc21. The smallest absolute Gasteiger partial charge is 0.252 e. The van der Waals surface area contributed by atoms with Crippen LogP contribution in [-0.2, 0) is 12.8 Å². The van der Waals surface area contributed by atoms with Crippen LogP contribution in [-0.4, -0.2) is 36.0 Å². The average Bonchev–Trinajstić information content (AvgIpc) is 2.62. The Morgan fingerprint density at radius 1 is 0.958 bits per heavy atom. The van der Waals surface area contributed by atoms with Gasteiger partial charge in [-0.15, -0.1) is 0 Å². The molecule has 2 aromatic carbocycles. The molecule has 3 heteroatoms. The summed E-state index contributed by atoms with van der Waals surface area (Å²) in [4.78, 5) is 15.0. The lowest BCUT2D eigenvalue weighted by Crippen LogP contribution is -2.59. The van der Waals surface area contributed by atoms with Crippen molar-refractivity contribution in [1.29, 1.82) is 0 Å². The van der Waals surface area contributed by atoms with Crippen molar-refractivity contribution in [3.8, 4) is 0 Å². The highest BCUT2D eigenvalue weighted by Gasteiger charge is 2.39. The van der Waals surface area contributed by atoms with Gasteiger partial charge in [-0.1, -0.05) is 48.5 Å². The lowest BCUT2D eigenvalue weighted by atomic mass is 9.77. The van der Waals surface area contributed by atoms with Crippen LogP contribution < -0.4 is 5.32 Å². The number of likely N-dealkylation sites (tertiary alicyclic amines) is 1. The van der Waals surface area contributed by atoms with E-state index in [0.717, 1.165) is 50.9 Å². The van der Waals surface area contributed by atoms with Crippen LogP contribution in [0.1, 0.15) is 34.3 Å². The first-order valence-electron chi connectivity index (χ1n) is 8.91. The second-order valence-electron chi connectivity index (χ2n) is 7.15. The van der Waals surface area contributed by atoms with E-state index in [-0.39, 0.29) is 11.4 Å². The van der Waals surface area contributed by atoms with Crippen LogP contribution in [0.25, 0.3) is 0 Å². The van der Waals surface area contributed by atoms with Crippen LogP contribution in [0.4, 0.5) is 0 Å². The third-order valence-corrected chi connectivity index (χ3v) is 5.54. The lowest BCUT2D eigenvalue weighted by Gasteiger charge is -2.45. The van der Waals surface area contributed by atoms with Crippen LogP contribution in [0.5, 0.6) is 0 Å². The fourth-order valence-corrected chi connectivity index (χ4v) is 4.05. The van der Waals surface area contributed by atoms with E-state index in [1.54, 1.807) is 0 Å². The molecular formula is C21H24N2O. The predicted octanol–water partition coefficient (Wildman–Crippen LogP) is 3.05. The summed E-state index contributed by atoms with van der Waals surface area (Å²) in [7, 11) is 0. The van der Waals surface area contributed by atoms with Crippen molar-refractivity contribution < 1.29 is 4.79 Å². The number of rotatable bonds is 3. The van der Waals surface area contributed by atoms with Crippen LogP contribution in [0.2, 0.25) is 0 Å². The van der Waals surface area contributed by atoms with Crippen LogP contribution >= 0.6 is 0 Å². The molecule has 4 rings (SSSR count). The minimum absolute atomic E-state index is 0.0331. The molecule has 0 saturated carbocycles. The molecule has 2 aliphatic rings. The van der Waals surface area contributed by atoms with E-state index >= 15 is 0 Å². The third kappa shape index (κ3) is 3.09. The maximum atomic E-state index is 12.4. The van der Waals surface area contributed by atoms with Gasteiger partial charge in [-0.3, -0.25) is 4.79 Å². The van der Waals surface area contributed by atoms with Crippen molar-refractivity contribution >= 4 is 5.91 Å². The molecule has 124 valence electrons. The Balaban J connectivity index is 1.37. The topological polar surface area (TPSA) is 32.3 Å². The Kier molecular flexibility index (Phi) is 4.11. The van der Waals surface area contributed by atoms with Gasteiger partial charge in [0.05, 0.1) is 0 Å². The van der Waals surface area contributed by atoms with Gasteiger partial charge < -0.3 is 10.2 Å². The molecule has 1 N–H and O–H groups in total. The molecule has 1 fully saturated rings. The van der Waals surface area contributed by atoms with Gasteiger partial charge in [0.15, 0.2) is 0 Å². The Hall–Kier alpha value is -2.13. The van der Waals surface area contributed by atoms with Gasteiger partial charge in [-0.05, 0) is 42.9 Å². The van der Waals surface area contributed by atoms with Gasteiger partial charge >= 0.3 is 0 Å². The maximum absolute atomic E-state index is 12.4. The van der Waals surface area contributed by atoms with Crippen molar-refractivity contribution in [3.05, 3.63) is 71.3 Å². The summed E-state index contributed by atoms with van der Waals surface area (Å²) in [5.74, 6) is 0.106. The van der Waals surface area contributed by atoms with Gasteiger partial charge in [0.25, 0.3) is 5.91 Å². The number of amides is 1. The number of hydrogen-bond acceptors (Lipinski definition) is 2. The summed E-state index contributed by atoms with van der Waals surface area (Å²) >= 11 is 0. The molecule has 2 aliphatic heterocycles. The molecule has 1 spiro atoms. The first-order valence-corrected chi connectivity index (χ1v) is 8.91. The molecular weight excluding hydrogens is 296 g/mol. The molecule has 1 amide bonds. The first-order chi connectivity index (χ1) is 11.7. The quantitative estimate of drug-likeness (QED) is 0.943. The van der Waals surface area contributed by atoms with Crippen molar-refractivity contribution in [2.45, 2.75) is 31.2 Å². The summed E-state index contributed by atoms with van der Waals surface area (Å²) in [6, 6.07) is 18.7. The number of carbonyl (C=O) groups excluding carboxylic acids is 1. The van der Waals surface area contributed by atoms with E-state index in [1.165, 1.54) is 11.1 Å². The van der Waals surface area contributed by atoms with E-state index in [1.807, 2.05) is 18.2 Å². The van der Waals surface area contributed by atoms with Gasteiger partial charge in [-0.25, -0.2) is 0 Å². The largest absolute Gasteiger partial charge is 0.346 e. The van der Waals surface area contributed by atoms with Gasteiger partial charge in [0, 0.05) is 30.7 Å². The van der Waals surface area contributed by atoms with E-state index in [9.17, 15) is 4.79 Å². The predicted molar refractivity (Wildman–Crippen MR) is 96.2 cm³/mol. The number of carbonyl (C=O) groups is 1. The zero-order valence-corrected chi connectivity index (χ0v) is 14.0. The highest BCUT2D eigenvalue weighted by atomic mass is 16.1. The average molecular weight is 320 g/mol. The second-order valence-corrected chi connectivity index (χ2v) is 7.15. The first kappa shape index (κ1) is 15.4. The Bertz CT molecular complexity index is 718. The van der Waals surface area contributed by atoms with Crippen LogP contribution in [0.3, 0.4) is 0 Å². The fourth-order valence-electron chi connectivity index (χ4n) is 4.05. The normalized spacial score (nSPS) is 19.8. The van der Waals surface area contributed by atoms with Gasteiger partial charge in [-0.2, -0.15) is 0 Å². The molecule has 0 radical (unpaired) electrons. The zero-order chi connectivity index (χ0) is 16.4. The fraction of sp³-hybridized carbons (Fsp3) is 0.381. The minimum Gasteiger partial charge on any atom is -0.346 e. The van der Waals surface area contributed by atoms with Gasteiger partial charge in [0.1, 0.15) is 0 Å². The summed E-state index contributed by atoms with van der Waals surface area (Å²) < 4.78 is 0. The summed E-state index contributed by atoms with van der Waals surface area (Å²) in [6.07, 6.45) is 4.16. The van der Waals surface area contributed by atoms with Crippen molar-refractivity contribution in [2.75, 3.05) is 19.6 Å². The Morgan fingerprint density at radius 3 is 2.46 bits per heavy atom. The zero-order valence-electron chi connectivity index (χ0n) is 14.0. The summed E-state index contributed by atoms with van der Waals surface area (Å²) in [6.45, 7) is 3.23. The number of benzene rings is 2. The van der Waals surface area contributed by atoms with Crippen molar-refractivity contribution in [1.82, 2.24) is 10.2 Å². The van der Waals surface area contributed by atoms with Gasteiger partial charge in [0.2, 0.25) is 0 Å². The van der Waals surface area contributed by atoms with Crippen LogP contribution in [0, 0.1) is 0 Å². The molecule has 0 aliphatic carbocycles. The van der Waals surface area contributed by atoms with E-state index in [2.05, 4.69) is 46.6 Å². The van der Waals surface area contributed by atoms with E-state index in [4.69, 9.17) is 0 Å². The standard InChI is InChI=1S/C21H24N2O/c24-20-19-9-5-4-8-18(19)16-21(22-20)11-14-23(15-12-21)13-10-17-6-2-1-3-7-17/h1-9H,10-16H2,(H,22,24). The number of hydrogen-bond donors (Lipinski definition) is 1. The van der Waals surface area contributed by atoms with Crippen molar-refractivity contribution in [2.24, 2.45) is 0 Å². The molecule has 24 heavy (non-hydrogen) atoms. The second kappa shape index (κ2) is 6.40. The monoisotopic (exact) mass is 320 g/mol. The Morgan fingerprint density at radius 2 is 1.67 bits per heavy atom. The molecule has 2 aromatic rings. The van der Waals surface area contributed by atoms with Crippen molar-refractivity contribution in [3.63, 3.8) is 0 Å². The lowest BCUT2D eigenvalue weighted by molar-refractivity contribution is 0.0777.